The summed E-state index contributed by atoms with van der Waals surface area (Å²) in [5.41, 5.74) is 2.23. The predicted octanol–water partition coefficient (Wildman–Crippen LogP) is 3.96. The summed E-state index contributed by atoms with van der Waals surface area (Å²) in [4.78, 5) is 15.0. The predicted molar refractivity (Wildman–Crippen MR) is 102 cm³/mol. The largest absolute Gasteiger partial charge is 0.497 e. The van der Waals surface area contributed by atoms with Gasteiger partial charge in [-0.1, -0.05) is 0 Å². The van der Waals surface area contributed by atoms with E-state index in [4.69, 9.17) is 9.47 Å². The van der Waals surface area contributed by atoms with Gasteiger partial charge in [0.15, 0.2) is 0 Å². The van der Waals surface area contributed by atoms with E-state index in [1.807, 2.05) is 18.2 Å². The SMILES string of the molecule is COc1ccc(OC)c(C(c2cc(C)cs2)N2CCCC(C(=O)O)C2)c1. The van der Waals surface area contributed by atoms with Crippen LogP contribution in [0.4, 0.5) is 0 Å². The van der Waals surface area contributed by atoms with Gasteiger partial charge in [0.05, 0.1) is 26.2 Å². The highest BCUT2D eigenvalue weighted by molar-refractivity contribution is 7.10. The quantitative estimate of drug-likeness (QED) is 0.828. The minimum Gasteiger partial charge on any atom is -0.497 e. The lowest BCUT2D eigenvalue weighted by atomic mass is 9.93. The Balaban J connectivity index is 2.06. The van der Waals surface area contributed by atoms with Gasteiger partial charge in [0.25, 0.3) is 0 Å². The third-order valence-corrected chi connectivity index (χ3v) is 6.02. The first-order valence-corrected chi connectivity index (χ1v) is 9.65. The molecule has 2 aromatic rings. The topological polar surface area (TPSA) is 59.0 Å². The summed E-state index contributed by atoms with van der Waals surface area (Å²) < 4.78 is 11.1. The number of aryl methyl sites for hydroxylation is 1. The van der Waals surface area contributed by atoms with Crippen LogP contribution in [0.5, 0.6) is 11.5 Å². The molecule has 2 heterocycles. The molecule has 1 N–H and O–H groups in total. The lowest BCUT2D eigenvalue weighted by Crippen LogP contribution is -2.41. The van der Waals surface area contributed by atoms with E-state index in [1.165, 1.54) is 10.4 Å². The molecule has 1 aromatic heterocycles. The third kappa shape index (κ3) is 3.86. The van der Waals surface area contributed by atoms with Crippen LogP contribution in [-0.4, -0.2) is 43.3 Å². The molecule has 0 amide bonds. The van der Waals surface area contributed by atoms with E-state index < -0.39 is 5.97 Å². The molecule has 0 spiro atoms. The van der Waals surface area contributed by atoms with E-state index in [0.717, 1.165) is 36.4 Å². The molecule has 1 aliphatic rings. The molecule has 2 unspecified atom stereocenters. The van der Waals surface area contributed by atoms with E-state index in [9.17, 15) is 9.90 Å². The zero-order chi connectivity index (χ0) is 18.7. The molecule has 2 atom stereocenters. The van der Waals surface area contributed by atoms with Crippen LogP contribution in [-0.2, 0) is 4.79 Å². The average molecular weight is 375 g/mol. The first-order valence-electron chi connectivity index (χ1n) is 8.77. The molecule has 0 bridgehead atoms. The van der Waals surface area contributed by atoms with Crippen molar-refractivity contribution in [3.05, 3.63) is 45.6 Å². The van der Waals surface area contributed by atoms with Crippen molar-refractivity contribution >= 4 is 17.3 Å². The van der Waals surface area contributed by atoms with Gasteiger partial charge in [-0.3, -0.25) is 9.69 Å². The fraction of sp³-hybridized carbons (Fsp3) is 0.450. The van der Waals surface area contributed by atoms with Crippen molar-refractivity contribution < 1.29 is 19.4 Å². The van der Waals surface area contributed by atoms with Crippen molar-refractivity contribution in [1.29, 1.82) is 0 Å². The Kier molecular flexibility index (Phi) is 5.84. The number of carboxylic acids is 1. The molecule has 6 heteroatoms. The number of piperidine rings is 1. The Morgan fingerprint density at radius 2 is 2.12 bits per heavy atom. The average Bonchev–Trinajstić information content (AvgIpc) is 3.08. The van der Waals surface area contributed by atoms with Gasteiger partial charge >= 0.3 is 5.97 Å². The molecule has 1 saturated heterocycles. The van der Waals surface area contributed by atoms with E-state index in [0.29, 0.717) is 6.54 Å². The van der Waals surface area contributed by atoms with Crippen molar-refractivity contribution in [3.63, 3.8) is 0 Å². The van der Waals surface area contributed by atoms with Crippen LogP contribution in [0.1, 0.15) is 34.9 Å². The molecule has 0 radical (unpaired) electrons. The van der Waals surface area contributed by atoms with Crippen molar-refractivity contribution in [3.8, 4) is 11.5 Å². The summed E-state index contributed by atoms with van der Waals surface area (Å²) in [5, 5.41) is 11.6. The fourth-order valence-corrected chi connectivity index (χ4v) is 4.67. The number of likely N-dealkylation sites (tertiary alicyclic amines) is 1. The smallest absolute Gasteiger partial charge is 0.307 e. The van der Waals surface area contributed by atoms with E-state index in [1.54, 1.807) is 25.6 Å². The molecule has 1 aromatic carbocycles. The van der Waals surface area contributed by atoms with E-state index >= 15 is 0 Å². The minimum absolute atomic E-state index is 0.0408. The fourth-order valence-electron chi connectivity index (χ4n) is 3.62. The standard InChI is InChI=1S/C20H25NO4S/c1-13-9-18(26-12-13)19(21-8-4-5-14(11-21)20(22)23)16-10-15(24-2)6-7-17(16)25-3/h6-7,9-10,12,14,19H,4-5,8,11H2,1-3H3,(H,22,23). The zero-order valence-corrected chi connectivity index (χ0v) is 16.2. The number of hydrogen-bond donors (Lipinski definition) is 1. The third-order valence-electron chi connectivity index (χ3n) is 4.92. The van der Waals surface area contributed by atoms with Crippen LogP contribution in [0.25, 0.3) is 0 Å². The second-order valence-electron chi connectivity index (χ2n) is 6.71. The Bertz CT molecular complexity index is 773. The van der Waals surface area contributed by atoms with Crippen LogP contribution in [0, 0.1) is 12.8 Å². The molecule has 0 aliphatic carbocycles. The maximum absolute atomic E-state index is 11.6. The van der Waals surface area contributed by atoms with Crippen molar-refractivity contribution in [2.75, 3.05) is 27.3 Å². The lowest BCUT2D eigenvalue weighted by molar-refractivity contribution is -0.143. The Hall–Kier alpha value is -2.05. The highest BCUT2D eigenvalue weighted by atomic mass is 32.1. The van der Waals surface area contributed by atoms with Crippen LogP contribution >= 0.6 is 11.3 Å². The molecule has 140 valence electrons. The summed E-state index contributed by atoms with van der Waals surface area (Å²) in [5.74, 6) is 0.516. The van der Waals surface area contributed by atoms with Gasteiger partial charge in [-0.15, -0.1) is 11.3 Å². The van der Waals surface area contributed by atoms with Crippen LogP contribution < -0.4 is 9.47 Å². The molecule has 0 saturated carbocycles. The number of hydrogen-bond acceptors (Lipinski definition) is 5. The van der Waals surface area contributed by atoms with Crippen LogP contribution in [0.2, 0.25) is 0 Å². The number of nitrogens with zero attached hydrogens (tertiary/aromatic N) is 1. The number of methoxy groups -OCH3 is 2. The molecule has 1 fully saturated rings. The molecule has 5 nitrogen and oxygen atoms in total. The first-order chi connectivity index (χ1) is 12.5. The Labute approximate surface area is 158 Å². The minimum atomic E-state index is -0.714. The van der Waals surface area contributed by atoms with Gasteiger partial charge < -0.3 is 14.6 Å². The van der Waals surface area contributed by atoms with Gasteiger partial charge in [0.1, 0.15) is 11.5 Å². The van der Waals surface area contributed by atoms with Gasteiger partial charge in [0, 0.05) is 17.0 Å². The maximum Gasteiger partial charge on any atom is 0.307 e. The number of carbonyl (C=O) groups is 1. The highest BCUT2D eigenvalue weighted by Gasteiger charge is 2.33. The van der Waals surface area contributed by atoms with Gasteiger partial charge in [0.2, 0.25) is 0 Å². The number of thiophene rings is 1. The highest BCUT2D eigenvalue weighted by Crippen LogP contribution is 2.41. The van der Waals surface area contributed by atoms with Gasteiger partial charge in [-0.25, -0.2) is 0 Å². The van der Waals surface area contributed by atoms with Crippen molar-refractivity contribution in [2.24, 2.45) is 5.92 Å². The molecule has 3 rings (SSSR count). The Morgan fingerprint density at radius 1 is 1.31 bits per heavy atom. The monoisotopic (exact) mass is 375 g/mol. The van der Waals surface area contributed by atoms with Gasteiger partial charge in [-0.2, -0.15) is 0 Å². The van der Waals surface area contributed by atoms with Crippen LogP contribution in [0.3, 0.4) is 0 Å². The molecule has 26 heavy (non-hydrogen) atoms. The number of ether oxygens (including phenoxy) is 2. The number of carboxylic acid groups (broad SMARTS) is 1. The van der Waals surface area contributed by atoms with E-state index in [-0.39, 0.29) is 12.0 Å². The summed E-state index contributed by atoms with van der Waals surface area (Å²) >= 11 is 1.70. The van der Waals surface area contributed by atoms with E-state index in [2.05, 4.69) is 23.3 Å². The van der Waals surface area contributed by atoms with Crippen molar-refractivity contribution in [1.82, 2.24) is 4.90 Å². The summed E-state index contributed by atoms with van der Waals surface area (Å²) in [7, 11) is 3.32. The summed E-state index contributed by atoms with van der Waals surface area (Å²) in [6.45, 7) is 3.49. The molecule has 1 aliphatic heterocycles. The zero-order valence-electron chi connectivity index (χ0n) is 15.4. The lowest BCUT2D eigenvalue weighted by Gasteiger charge is -2.37. The summed E-state index contributed by atoms with van der Waals surface area (Å²) in [6.07, 6.45) is 1.61. The molecular weight excluding hydrogens is 350 g/mol. The Morgan fingerprint density at radius 3 is 2.73 bits per heavy atom. The second-order valence-corrected chi connectivity index (χ2v) is 7.65. The number of aliphatic carboxylic acids is 1. The first kappa shape index (κ1) is 18.7. The van der Waals surface area contributed by atoms with Crippen molar-refractivity contribution in [2.45, 2.75) is 25.8 Å². The maximum atomic E-state index is 11.6. The molecular formula is C20H25NO4S. The number of rotatable bonds is 6. The number of benzene rings is 1. The second kappa shape index (κ2) is 8.10. The van der Waals surface area contributed by atoms with Gasteiger partial charge in [-0.05, 0) is 61.5 Å². The van der Waals surface area contributed by atoms with Crippen LogP contribution in [0.15, 0.2) is 29.6 Å². The summed E-state index contributed by atoms with van der Waals surface area (Å²) in [6, 6.07) is 7.94. The normalized spacial score (nSPS) is 19.1.